The third-order valence-electron chi connectivity index (χ3n) is 2.93. The second-order valence-electron chi connectivity index (χ2n) is 4.38. The van der Waals surface area contributed by atoms with Gasteiger partial charge in [-0.25, -0.2) is 4.98 Å². The number of benzene rings is 2. The number of nitrogens with zero attached hydrogens (tertiary/aromatic N) is 1. The van der Waals surface area contributed by atoms with Crippen LogP contribution in [0, 0.1) is 0 Å². The smallest absolute Gasteiger partial charge is 0.183 e. The van der Waals surface area contributed by atoms with Crippen LogP contribution in [0.3, 0.4) is 0 Å². The Morgan fingerprint density at radius 1 is 1.00 bits per heavy atom. The SMILES string of the molecule is Clc1ncc(COc2ccc(-c3ccccc3)cc2Cl)s1. The summed E-state index contributed by atoms with van der Waals surface area (Å²) in [6.07, 6.45) is 1.71. The lowest BCUT2D eigenvalue weighted by atomic mass is 10.1. The molecule has 21 heavy (non-hydrogen) atoms. The van der Waals surface area contributed by atoms with E-state index in [1.807, 2.05) is 48.5 Å². The summed E-state index contributed by atoms with van der Waals surface area (Å²) >= 11 is 13.5. The van der Waals surface area contributed by atoms with Gasteiger partial charge in [-0.15, -0.1) is 11.3 Å². The van der Waals surface area contributed by atoms with Crippen molar-refractivity contribution in [3.63, 3.8) is 0 Å². The van der Waals surface area contributed by atoms with Gasteiger partial charge < -0.3 is 4.74 Å². The Morgan fingerprint density at radius 3 is 2.48 bits per heavy atom. The molecule has 0 unspecified atom stereocenters. The molecule has 0 aliphatic carbocycles. The molecule has 0 aliphatic rings. The summed E-state index contributed by atoms with van der Waals surface area (Å²) in [7, 11) is 0. The van der Waals surface area contributed by atoms with Crippen LogP contribution in [-0.4, -0.2) is 4.98 Å². The van der Waals surface area contributed by atoms with Crippen molar-refractivity contribution in [2.45, 2.75) is 6.61 Å². The molecule has 0 radical (unpaired) electrons. The zero-order valence-corrected chi connectivity index (χ0v) is 13.3. The lowest BCUT2D eigenvalue weighted by molar-refractivity contribution is 0.310. The van der Waals surface area contributed by atoms with Gasteiger partial charge in [0.2, 0.25) is 0 Å². The first-order chi connectivity index (χ1) is 10.2. The third kappa shape index (κ3) is 3.56. The van der Waals surface area contributed by atoms with Gasteiger partial charge in [-0.05, 0) is 23.3 Å². The Bertz CT molecular complexity index is 743. The fraction of sp³-hybridized carbons (Fsp3) is 0.0625. The topological polar surface area (TPSA) is 22.1 Å². The van der Waals surface area contributed by atoms with Crippen LogP contribution in [0.15, 0.2) is 54.7 Å². The van der Waals surface area contributed by atoms with Gasteiger partial charge in [0.15, 0.2) is 4.47 Å². The molecule has 0 aliphatic heterocycles. The monoisotopic (exact) mass is 335 g/mol. The highest BCUT2D eigenvalue weighted by atomic mass is 35.5. The van der Waals surface area contributed by atoms with Crippen LogP contribution in [-0.2, 0) is 6.61 Å². The largest absolute Gasteiger partial charge is 0.486 e. The molecule has 0 fully saturated rings. The molecular formula is C16H11Cl2NOS. The van der Waals surface area contributed by atoms with Gasteiger partial charge in [-0.3, -0.25) is 0 Å². The third-order valence-corrected chi connectivity index (χ3v) is 4.32. The molecule has 2 nitrogen and oxygen atoms in total. The maximum absolute atomic E-state index is 6.29. The van der Waals surface area contributed by atoms with E-state index in [-0.39, 0.29) is 0 Å². The number of thiazole rings is 1. The van der Waals surface area contributed by atoms with Gasteiger partial charge in [0, 0.05) is 6.20 Å². The number of hydrogen-bond acceptors (Lipinski definition) is 3. The van der Waals surface area contributed by atoms with Crippen LogP contribution in [0.25, 0.3) is 11.1 Å². The second-order valence-corrected chi connectivity index (χ2v) is 6.48. The Labute approximate surface area is 136 Å². The molecular weight excluding hydrogens is 325 g/mol. The lowest BCUT2D eigenvalue weighted by Crippen LogP contribution is -1.93. The minimum absolute atomic E-state index is 0.411. The average molecular weight is 336 g/mol. The van der Waals surface area contributed by atoms with Gasteiger partial charge in [0.05, 0.1) is 9.90 Å². The summed E-state index contributed by atoms with van der Waals surface area (Å²) in [6, 6.07) is 15.9. The maximum atomic E-state index is 6.29. The molecule has 0 N–H and O–H groups in total. The number of hydrogen-bond donors (Lipinski definition) is 0. The molecule has 3 rings (SSSR count). The molecule has 1 aromatic heterocycles. The number of ether oxygens (including phenoxy) is 1. The maximum Gasteiger partial charge on any atom is 0.183 e. The number of rotatable bonds is 4. The van der Waals surface area contributed by atoms with Crippen LogP contribution in [0.2, 0.25) is 9.49 Å². The van der Waals surface area contributed by atoms with Crippen molar-refractivity contribution >= 4 is 34.5 Å². The van der Waals surface area contributed by atoms with Gasteiger partial charge >= 0.3 is 0 Å². The number of halogens is 2. The molecule has 106 valence electrons. The highest BCUT2D eigenvalue weighted by molar-refractivity contribution is 7.15. The van der Waals surface area contributed by atoms with Crippen LogP contribution >= 0.6 is 34.5 Å². The molecule has 0 saturated heterocycles. The summed E-state index contributed by atoms with van der Waals surface area (Å²) in [5.41, 5.74) is 2.19. The van der Waals surface area contributed by atoms with E-state index in [2.05, 4.69) is 4.98 Å². The standard InChI is InChI=1S/C16H11Cl2NOS/c17-14-8-12(11-4-2-1-3-5-11)6-7-15(14)20-10-13-9-19-16(18)21-13/h1-9H,10H2. The molecule has 0 saturated carbocycles. The minimum atomic E-state index is 0.411. The van der Waals surface area contributed by atoms with Crippen LogP contribution in [0.1, 0.15) is 4.88 Å². The average Bonchev–Trinajstić information content (AvgIpc) is 2.92. The Kier molecular flexibility index (Phi) is 4.44. The van der Waals surface area contributed by atoms with Crippen molar-refractivity contribution < 1.29 is 4.74 Å². The first kappa shape index (κ1) is 14.4. The highest BCUT2D eigenvalue weighted by Crippen LogP contribution is 2.31. The molecule has 2 aromatic carbocycles. The second kappa shape index (κ2) is 6.48. The summed E-state index contributed by atoms with van der Waals surface area (Å²) in [4.78, 5) is 4.94. The highest BCUT2D eigenvalue weighted by Gasteiger charge is 2.06. The van der Waals surface area contributed by atoms with Crippen LogP contribution in [0.4, 0.5) is 0 Å². The Morgan fingerprint density at radius 2 is 1.81 bits per heavy atom. The van der Waals surface area contributed by atoms with Gasteiger partial charge in [0.25, 0.3) is 0 Å². The van der Waals surface area contributed by atoms with Gasteiger partial charge in [-0.2, -0.15) is 0 Å². The van der Waals surface area contributed by atoms with Crippen LogP contribution in [0.5, 0.6) is 5.75 Å². The fourth-order valence-corrected chi connectivity index (χ4v) is 3.05. The van der Waals surface area contributed by atoms with Crippen molar-refractivity contribution in [1.29, 1.82) is 0 Å². The zero-order valence-electron chi connectivity index (χ0n) is 10.9. The summed E-state index contributed by atoms with van der Waals surface area (Å²) in [5.74, 6) is 0.654. The molecule has 0 atom stereocenters. The van der Waals surface area contributed by atoms with Gasteiger partial charge in [-0.1, -0.05) is 59.6 Å². The van der Waals surface area contributed by atoms with E-state index in [1.165, 1.54) is 11.3 Å². The molecule has 0 bridgehead atoms. The normalized spacial score (nSPS) is 10.6. The predicted molar refractivity (Wildman–Crippen MR) is 88.3 cm³/mol. The van der Waals surface area contributed by atoms with Crippen molar-refractivity contribution in [1.82, 2.24) is 4.98 Å². The first-order valence-electron chi connectivity index (χ1n) is 6.30. The number of aromatic nitrogens is 1. The summed E-state index contributed by atoms with van der Waals surface area (Å²) in [6.45, 7) is 0.411. The summed E-state index contributed by atoms with van der Waals surface area (Å²) < 4.78 is 6.22. The zero-order chi connectivity index (χ0) is 14.7. The quantitative estimate of drug-likeness (QED) is 0.610. The van der Waals surface area contributed by atoms with E-state index in [0.717, 1.165) is 16.0 Å². The molecule has 0 spiro atoms. The minimum Gasteiger partial charge on any atom is -0.486 e. The van der Waals surface area contributed by atoms with E-state index in [0.29, 0.717) is 21.8 Å². The van der Waals surface area contributed by atoms with E-state index in [1.54, 1.807) is 6.20 Å². The predicted octanol–water partition coefficient (Wildman–Crippen LogP) is 5.70. The molecule has 1 heterocycles. The van der Waals surface area contributed by atoms with Crippen LogP contribution < -0.4 is 4.74 Å². The molecule has 0 amide bonds. The molecule has 5 heteroatoms. The van der Waals surface area contributed by atoms with Crippen molar-refractivity contribution in [3.8, 4) is 16.9 Å². The van der Waals surface area contributed by atoms with E-state index < -0.39 is 0 Å². The molecule has 3 aromatic rings. The van der Waals surface area contributed by atoms with E-state index in [9.17, 15) is 0 Å². The van der Waals surface area contributed by atoms with Gasteiger partial charge in [0.1, 0.15) is 12.4 Å². The van der Waals surface area contributed by atoms with E-state index >= 15 is 0 Å². The lowest BCUT2D eigenvalue weighted by Gasteiger charge is -2.08. The van der Waals surface area contributed by atoms with E-state index in [4.69, 9.17) is 27.9 Å². The van der Waals surface area contributed by atoms with Crippen molar-refractivity contribution in [3.05, 3.63) is 69.1 Å². The fourth-order valence-electron chi connectivity index (χ4n) is 1.93. The Hall–Kier alpha value is -1.55. The Balaban J connectivity index is 1.75. The van der Waals surface area contributed by atoms with Crippen molar-refractivity contribution in [2.24, 2.45) is 0 Å². The summed E-state index contributed by atoms with van der Waals surface area (Å²) in [5, 5.41) is 0.590. The first-order valence-corrected chi connectivity index (χ1v) is 7.87. The van der Waals surface area contributed by atoms with Crippen molar-refractivity contribution in [2.75, 3.05) is 0 Å².